The van der Waals surface area contributed by atoms with Crippen molar-refractivity contribution < 1.29 is 1.37 Å². The molecule has 0 bridgehead atoms. The normalized spacial score (nSPS) is 20.4. The zero-order chi connectivity index (χ0) is 15.2. The van der Waals surface area contributed by atoms with Crippen molar-refractivity contribution in [1.82, 2.24) is 0 Å². The summed E-state index contributed by atoms with van der Waals surface area (Å²) in [6.07, 6.45) is 0. The molecular weight excluding hydrogens is 254 g/mol. The summed E-state index contributed by atoms with van der Waals surface area (Å²) in [5, 5.41) is 0. The Morgan fingerprint density at radius 2 is 1.38 bits per heavy atom. The van der Waals surface area contributed by atoms with Crippen LogP contribution in [-0.2, 0) is 0 Å². The summed E-state index contributed by atoms with van der Waals surface area (Å²) < 4.78 is 9.31. The van der Waals surface area contributed by atoms with Gasteiger partial charge in [-0.1, -0.05) is 72.8 Å². The van der Waals surface area contributed by atoms with Crippen LogP contribution in [0.15, 0.2) is 78.9 Å². The average Bonchev–Trinajstić information content (AvgIpc) is 2.60. The first-order valence-electron chi connectivity index (χ1n) is 7.71. The number of para-hydroxylation sites is 1. The summed E-state index contributed by atoms with van der Waals surface area (Å²) >= 11 is 0. The van der Waals surface area contributed by atoms with Crippen molar-refractivity contribution in [3.8, 4) is 11.1 Å². The zero-order valence-electron chi connectivity index (χ0n) is 13.0. The molecule has 1 heterocycles. The summed E-state index contributed by atoms with van der Waals surface area (Å²) in [6.45, 7) is 0. The molecule has 1 heteroatoms. The van der Waals surface area contributed by atoms with Crippen molar-refractivity contribution in [3.05, 3.63) is 90.0 Å². The molecule has 1 unspecified atom stereocenters. The van der Waals surface area contributed by atoms with Crippen LogP contribution in [0.4, 0.5) is 5.69 Å². The fourth-order valence-corrected chi connectivity index (χ4v) is 3.16. The number of anilines is 1. The molecule has 4 rings (SSSR count). The largest absolute Gasteiger partial charge is 0.363 e. The van der Waals surface area contributed by atoms with Crippen LogP contribution in [-0.4, -0.2) is 7.05 Å². The lowest BCUT2D eigenvalue weighted by Gasteiger charge is -2.38. The van der Waals surface area contributed by atoms with Crippen molar-refractivity contribution in [1.29, 1.82) is 0 Å². The second-order valence-corrected chi connectivity index (χ2v) is 5.34. The van der Waals surface area contributed by atoms with E-state index in [0.717, 1.165) is 22.4 Å². The Hall–Kier alpha value is -2.54. The fourth-order valence-electron chi connectivity index (χ4n) is 3.16. The standard InChI is InChI=1S/C20H17N/c1-21-19-14-8-7-12-17(19)16-11-5-6-13-18(16)20(21)15-9-3-2-4-10-15/h2-14,20H,1H3/i20D. The van der Waals surface area contributed by atoms with Crippen LogP contribution < -0.4 is 4.90 Å². The molecule has 1 nitrogen and oxygen atoms in total. The van der Waals surface area contributed by atoms with Crippen LogP contribution in [0.1, 0.15) is 18.5 Å². The lowest BCUT2D eigenvalue weighted by Crippen LogP contribution is -2.29. The maximum absolute atomic E-state index is 9.31. The summed E-state index contributed by atoms with van der Waals surface area (Å²) in [6, 6.07) is 25.7. The highest BCUT2D eigenvalue weighted by molar-refractivity contribution is 5.85. The molecule has 102 valence electrons. The van der Waals surface area contributed by atoms with Gasteiger partial charge in [-0.2, -0.15) is 0 Å². The Bertz CT molecular complexity index is 828. The van der Waals surface area contributed by atoms with Gasteiger partial charge in [-0.05, 0) is 22.8 Å². The Morgan fingerprint density at radius 1 is 0.762 bits per heavy atom. The van der Waals surface area contributed by atoms with Gasteiger partial charge in [0.25, 0.3) is 0 Å². The maximum atomic E-state index is 9.31. The molecule has 0 saturated carbocycles. The summed E-state index contributed by atoms with van der Waals surface area (Å²) in [7, 11) is 2.01. The Labute approximate surface area is 126 Å². The van der Waals surface area contributed by atoms with Gasteiger partial charge in [0, 0.05) is 18.3 Å². The van der Waals surface area contributed by atoms with Crippen molar-refractivity contribution in [2.24, 2.45) is 0 Å². The highest BCUT2D eigenvalue weighted by Gasteiger charge is 2.28. The van der Waals surface area contributed by atoms with Crippen LogP contribution in [0.3, 0.4) is 0 Å². The van der Waals surface area contributed by atoms with E-state index >= 15 is 0 Å². The summed E-state index contributed by atoms with van der Waals surface area (Å²) in [4.78, 5) is 2.07. The SMILES string of the molecule is [2H]C1(c2ccccc2)c2ccccc2-c2ccccc2N1C. The number of hydrogen-bond donors (Lipinski definition) is 0. The zero-order valence-corrected chi connectivity index (χ0v) is 12.0. The molecule has 0 aromatic heterocycles. The topological polar surface area (TPSA) is 3.24 Å². The summed E-state index contributed by atoms with van der Waals surface area (Å²) in [5.41, 5.74) is 5.45. The lowest BCUT2D eigenvalue weighted by molar-refractivity contribution is 0.774. The molecular formula is C20H17N. The van der Waals surface area contributed by atoms with Crippen molar-refractivity contribution in [2.45, 2.75) is 6.02 Å². The van der Waals surface area contributed by atoms with E-state index in [1.54, 1.807) is 0 Å². The summed E-state index contributed by atoms with van der Waals surface area (Å²) in [5.74, 6) is 0. The molecule has 3 aromatic rings. The first-order valence-corrected chi connectivity index (χ1v) is 7.21. The number of fused-ring (bicyclic) bond motifs is 3. The number of rotatable bonds is 1. The monoisotopic (exact) mass is 272 g/mol. The lowest BCUT2D eigenvalue weighted by atomic mass is 9.85. The predicted octanol–water partition coefficient (Wildman–Crippen LogP) is 4.89. The first kappa shape index (κ1) is 11.2. The molecule has 1 aliphatic rings. The van der Waals surface area contributed by atoms with Crippen LogP contribution in [0.2, 0.25) is 0 Å². The first-order chi connectivity index (χ1) is 10.7. The minimum absolute atomic E-state index is 0.911. The molecule has 0 amide bonds. The van der Waals surface area contributed by atoms with E-state index in [-0.39, 0.29) is 0 Å². The van der Waals surface area contributed by atoms with E-state index in [1.807, 2.05) is 55.6 Å². The minimum atomic E-state index is -0.911. The van der Waals surface area contributed by atoms with Crippen molar-refractivity contribution in [2.75, 3.05) is 11.9 Å². The van der Waals surface area contributed by atoms with E-state index in [0.29, 0.717) is 0 Å². The highest BCUT2D eigenvalue weighted by atomic mass is 15.1. The Kier molecular flexibility index (Phi) is 2.54. The molecule has 0 radical (unpaired) electrons. The maximum Gasteiger partial charge on any atom is 0.0798 e. The molecule has 0 aliphatic carbocycles. The van der Waals surface area contributed by atoms with Crippen LogP contribution >= 0.6 is 0 Å². The number of nitrogens with zero attached hydrogens (tertiary/aromatic N) is 1. The van der Waals surface area contributed by atoms with Gasteiger partial charge in [0.15, 0.2) is 0 Å². The molecule has 0 N–H and O–H groups in total. The van der Waals surface area contributed by atoms with E-state index in [2.05, 4.69) is 35.2 Å². The Morgan fingerprint density at radius 3 is 2.19 bits per heavy atom. The van der Waals surface area contributed by atoms with Crippen molar-refractivity contribution >= 4 is 5.69 Å². The second-order valence-electron chi connectivity index (χ2n) is 5.34. The van der Waals surface area contributed by atoms with Crippen molar-refractivity contribution in [3.63, 3.8) is 0 Å². The van der Waals surface area contributed by atoms with E-state index < -0.39 is 6.02 Å². The van der Waals surface area contributed by atoms with Gasteiger partial charge in [0.1, 0.15) is 0 Å². The number of benzene rings is 3. The third-order valence-corrected chi connectivity index (χ3v) is 4.12. The van der Waals surface area contributed by atoms with Crippen LogP contribution in [0, 0.1) is 0 Å². The predicted molar refractivity (Wildman–Crippen MR) is 88.6 cm³/mol. The molecule has 1 atom stereocenters. The fraction of sp³-hybridized carbons (Fsp3) is 0.100. The molecule has 0 spiro atoms. The van der Waals surface area contributed by atoms with E-state index in [9.17, 15) is 1.37 Å². The van der Waals surface area contributed by atoms with Gasteiger partial charge < -0.3 is 4.90 Å². The highest BCUT2D eigenvalue weighted by Crippen LogP contribution is 2.45. The van der Waals surface area contributed by atoms with E-state index in [4.69, 9.17) is 0 Å². The molecule has 1 aliphatic heterocycles. The minimum Gasteiger partial charge on any atom is -0.363 e. The third-order valence-electron chi connectivity index (χ3n) is 4.12. The van der Waals surface area contributed by atoms with Gasteiger partial charge in [-0.25, -0.2) is 0 Å². The molecule has 21 heavy (non-hydrogen) atoms. The van der Waals surface area contributed by atoms with Gasteiger partial charge in [-0.3, -0.25) is 0 Å². The smallest absolute Gasteiger partial charge is 0.0798 e. The quantitative estimate of drug-likeness (QED) is 0.609. The molecule has 0 saturated heterocycles. The average molecular weight is 272 g/mol. The van der Waals surface area contributed by atoms with Crippen LogP contribution in [0.25, 0.3) is 11.1 Å². The van der Waals surface area contributed by atoms with Gasteiger partial charge >= 0.3 is 0 Å². The van der Waals surface area contributed by atoms with Gasteiger partial charge in [0.05, 0.1) is 7.39 Å². The third kappa shape index (κ3) is 1.85. The second kappa shape index (κ2) is 4.78. The van der Waals surface area contributed by atoms with E-state index in [1.165, 1.54) is 5.56 Å². The molecule has 0 fully saturated rings. The van der Waals surface area contributed by atoms with Gasteiger partial charge in [0.2, 0.25) is 0 Å². The van der Waals surface area contributed by atoms with Gasteiger partial charge in [-0.15, -0.1) is 0 Å². The van der Waals surface area contributed by atoms with Crippen LogP contribution in [0.5, 0.6) is 0 Å². The molecule has 3 aromatic carbocycles. The number of hydrogen-bond acceptors (Lipinski definition) is 1. The Balaban J connectivity index is 2.06.